The zero-order chi connectivity index (χ0) is 10.8. The number of carbonyl (C=O) groups is 1. The van der Waals surface area contributed by atoms with Crippen LogP contribution in [0.25, 0.3) is 0 Å². The predicted molar refractivity (Wildman–Crippen MR) is 57.8 cm³/mol. The minimum atomic E-state index is -0.360. The minimum absolute atomic E-state index is 0.131. The molecular weight excluding hydrogens is 174 g/mol. The molecule has 0 N–H and O–H groups in total. The van der Waals surface area contributed by atoms with E-state index in [1.54, 1.807) is 0 Å². The van der Waals surface area contributed by atoms with Gasteiger partial charge < -0.3 is 0 Å². The van der Waals surface area contributed by atoms with E-state index >= 15 is 0 Å². The van der Waals surface area contributed by atoms with E-state index in [0.717, 1.165) is 12.8 Å². The van der Waals surface area contributed by atoms with Crippen molar-refractivity contribution < 1.29 is 4.79 Å². The molecule has 0 aliphatic carbocycles. The summed E-state index contributed by atoms with van der Waals surface area (Å²) in [5.74, 6) is -0.229. The van der Waals surface area contributed by atoms with E-state index < -0.39 is 0 Å². The number of Topliss-reactive ketones (excluding diaryl/α,β-unsaturated/α-hetero) is 1. The van der Waals surface area contributed by atoms with Gasteiger partial charge in [0.15, 0.2) is 0 Å². The maximum absolute atomic E-state index is 11.4. The Labute approximate surface area is 87.3 Å². The van der Waals surface area contributed by atoms with Crippen molar-refractivity contribution in [1.29, 1.82) is 5.26 Å². The van der Waals surface area contributed by atoms with Gasteiger partial charge >= 0.3 is 0 Å². The van der Waals surface area contributed by atoms with Crippen LogP contribution in [0.1, 0.15) is 58.8 Å². The molecule has 0 saturated heterocycles. The smallest absolute Gasteiger partial charge is 0.149 e. The Kier molecular flexibility index (Phi) is 8.22. The first-order valence-electron chi connectivity index (χ1n) is 5.68. The molecule has 0 spiro atoms. The standard InChI is InChI=1S/C12H21NO/c1-3-5-6-7-8-9-12(14)11(4-2)10-13/h11H,3-9H2,1-2H3. The second-order valence-corrected chi connectivity index (χ2v) is 3.72. The largest absolute Gasteiger partial charge is 0.298 e. The van der Waals surface area contributed by atoms with Crippen LogP contribution in [0.4, 0.5) is 0 Å². The van der Waals surface area contributed by atoms with Gasteiger partial charge in [-0.25, -0.2) is 0 Å². The van der Waals surface area contributed by atoms with Gasteiger partial charge in [0.1, 0.15) is 11.7 Å². The van der Waals surface area contributed by atoms with E-state index in [2.05, 4.69) is 13.0 Å². The molecule has 0 heterocycles. The second kappa shape index (κ2) is 8.74. The molecule has 0 amide bonds. The van der Waals surface area contributed by atoms with Crippen LogP contribution in [0.2, 0.25) is 0 Å². The minimum Gasteiger partial charge on any atom is -0.298 e. The number of unbranched alkanes of at least 4 members (excludes halogenated alkanes) is 4. The molecule has 2 heteroatoms. The molecule has 0 aromatic carbocycles. The van der Waals surface area contributed by atoms with Crippen LogP contribution in [-0.2, 0) is 4.79 Å². The zero-order valence-electron chi connectivity index (χ0n) is 9.38. The fourth-order valence-corrected chi connectivity index (χ4v) is 1.47. The quantitative estimate of drug-likeness (QED) is 0.556. The van der Waals surface area contributed by atoms with Crippen LogP contribution in [0, 0.1) is 17.2 Å². The third-order valence-electron chi connectivity index (χ3n) is 2.48. The van der Waals surface area contributed by atoms with Gasteiger partial charge in [-0.1, -0.05) is 39.5 Å². The van der Waals surface area contributed by atoms with Gasteiger partial charge in [-0.3, -0.25) is 4.79 Å². The zero-order valence-corrected chi connectivity index (χ0v) is 9.38. The lowest BCUT2D eigenvalue weighted by Gasteiger charge is -2.04. The molecule has 1 unspecified atom stereocenters. The first-order chi connectivity index (χ1) is 6.76. The lowest BCUT2D eigenvalue weighted by molar-refractivity contribution is -0.121. The average Bonchev–Trinajstić information content (AvgIpc) is 2.19. The van der Waals surface area contributed by atoms with Gasteiger partial charge in [-0.2, -0.15) is 5.26 Å². The molecule has 14 heavy (non-hydrogen) atoms. The highest BCUT2D eigenvalue weighted by Crippen LogP contribution is 2.10. The highest BCUT2D eigenvalue weighted by Gasteiger charge is 2.13. The van der Waals surface area contributed by atoms with Crippen LogP contribution < -0.4 is 0 Å². The lowest BCUT2D eigenvalue weighted by atomic mass is 9.98. The summed E-state index contributed by atoms with van der Waals surface area (Å²) >= 11 is 0. The third-order valence-corrected chi connectivity index (χ3v) is 2.48. The van der Waals surface area contributed by atoms with Crippen molar-refractivity contribution in [3.8, 4) is 6.07 Å². The Hall–Kier alpha value is -0.840. The second-order valence-electron chi connectivity index (χ2n) is 3.72. The van der Waals surface area contributed by atoms with Gasteiger partial charge in [0.25, 0.3) is 0 Å². The van der Waals surface area contributed by atoms with Gasteiger partial charge in [-0.15, -0.1) is 0 Å². The normalized spacial score (nSPS) is 12.1. The van der Waals surface area contributed by atoms with Crippen LogP contribution in [0.5, 0.6) is 0 Å². The number of nitrogens with zero attached hydrogens (tertiary/aromatic N) is 1. The van der Waals surface area contributed by atoms with E-state index in [1.165, 1.54) is 19.3 Å². The molecule has 0 aromatic rings. The van der Waals surface area contributed by atoms with Crippen LogP contribution in [0.3, 0.4) is 0 Å². The van der Waals surface area contributed by atoms with Crippen molar-refractivity contribution in [2.24, 2.45) is 5.92 Å². The summed E-state index contributed by atoms with van der Waals surface area (Å²) in [5, 5.41) is 8.67. The summed E-state index contributed by atoms with van der Waals surface area (Å²) in [7, 11) is 0. The van der Waals surface area contributed by atoms with Crippen molar-refractivity contribution in [2.45, 2.75) is 58.8 Å². The topological polar surface area (TPSA) is 40.9 Å². The first kappa shape index (κ1) is 13.2. The fraction of sp³-hybridized carbons (Fsp3) is 0.833. The Morgan fingerprint density at radius 1 is 1.21 bits per heavy atom. The van der Waals surface area contributed by atoms with E-state index in [-0.39, 0.29) is 11.7 Å². The molecule has 80 valence electrons. The summed E-state index contributed by atoms with van der Waals surface area (Å²) in [5.41, 5.74) is 0. The highest BCUT2D eigenvalue weighted by molar-refractivity contribution is 5.83. The predicted octanol–water partition coefficient (Wildman–Crippen LogP) is 3.47. The first-order valence-corrected chi connectivity index (χ1v) is 5.68. The van der Waals surface area contributed by atoms with Crippen molar-refractivity contribution >= 4 is 5.78 Å². The lowest BCUT2D eigenvalue weighted by Crippen LogP contribution is -2.10. The summed E-state index contributed by atoms with van der Waals surface area (Å²) in [4.78, 5) is 11.4. The van der Waals surface area contributed by atoms with Gasteiger partial charge in [-0.05, 0) is 12.8 Å². The van der Waals surface area contributed by atoms with E-state index in [4.69, 9.17) is 5.26 Å². The number of rotatable bonds is 8. The molecule has 0 aliphatic rings. The number of hydrogen-bond donors (Lipinski definition) is 0. The van der Waals surface area contributed by atoms with Crippen LogP contribution >= 0.6 is 0 Å². The van der Waals surface area contributed by atoms with Gasteiger partial charge in [0, 0.05) is 6.42 Å². The molecule has 0 bridgehead atoms. The summed E-state index contributed by atoms with van der Waals surface area (Å²) < 4.78 is 0. The maximum atomic E-state index is 11.4. The van der Waals surface area contributed by atoms with Crippen molar-refractivity contribution in [1.82, 2.24) is 0 Å². The third kappa shape index (κ3) is 5.75. The van der Waals surface area contributed by atoms with E-state index in [9.17, 15) is 4.79 Å². The number of nitriles is 1. The summed E-state index contributed by atoms with van der Waals surface area (Å²) in [6, 6.07) is 2.05. The average molecular weight is 195 g/mol. The molecular formula is C12H21NO. The van der Waals surface area contributed by atoms with Gasteiger partial charge in [0.05, 0.1) is 6.07 Å². The molecule has 0 fully saturated rings. The number of ketones is 1. The fourth-order valence-electron chi connectivity index (χ4n) is 1.47. The molecule has 0 rings (SSSR count). The Bertz CT molecular complexity index is 193. The van der Waals surface area contributed by atoms with Crippen LogP contribution in [-0.4, -0.2) is 5.78 Å². The molecule has 0 aromatic heterocycles. The van der Waals surface area contributed by atoms with Crippen molar-refractivity contribution in [3.63, 3.8) is 0 Å². The highest BCUT2D eigenvalue weighted by atomic mass is 16.1. The molecule has 2 nitrogen and oxygen atoms in total. The maximum Gasteiger partial charge on any atom is 0.149 e. The summed E-state index contributed by atoms with van der Waals surface area (Å²) in [6.07, 6.45) is 7.03. The SMILES string of the molecule is CCCCCCCC(=O)C(C#N)CC. The van der Waals surface area contributed by atoms with Gasteiger partial charge in [0.2, 0.25) is 0 Å². The van der Waals surface area contributed by atoms with Crippen LogP contribution in [0.15, 0.2) is 0 Å². The number of carbonyl (C=O) groups excluding carboxylic acids is 1. The monoisotopic (exact) mass is 195 g/mol. The molecule has 0 radical (unpaired) electrons. The van der Waals surface area contributed by atoms with E-state index in [0.29, 0.717) is 12.8 Å². The Morgan fingerprint density at radius 2 is 1.86 bits per heavy atom. The molecule has 0 aliphatic heterocycles. The summed E-state index contributed by atoms with van der Waals surface area (Å²) in [6.45, 7) is 4.07. The van der Waals surface area contributed by atoms with Crippen molar-refractivity contribution in [3.05, 3.63) is 0 Å². The Morgan fingerprint density at radius 3 is 2.36 bits per heavy atom. The van der Waals surface area contributed by atoms with E-state index in [1.807, 2.05) is 6.92 Å². The number of hydrogen-bond acceptors (Lipinski definition) is 2. The molecule has 1 atom stereocenters. The Balaban J connectivity index is 3.49. The van der Waals surface area contributed by atoms with Crippen molar-refractivity contribution in [2.75, 3.05) is 0 Å². The molecule has 0 saturated carbocycles.